The van der Waals surface area contributed by atoms with Crippen LogP contribution in [0.3, 0.4) is 0 Å². The molecule has 0 aliphatic heterocycles. The molecule has 0 radical (unpaired) electrons. The van der Waals surface area contributed by atoms with Gasteiger partial charge in [0.2, 0.25) is 5.91 Å². The molecule has 0 spiro atoms. The lowest BCUT2D eigenvalue weighted by Gasteiger charge is -2.07. The Morgan fingerprint density at radius 2 is 1.69 bits per heavy atom. The van der Waals surface area contributed by atoms with Crippen LogP contribution in [0.2, 0.25) is 0 Å². The van der Waals surface area contributed by atoms with Gasteiger partial charge in [-0.3, -0.25) is 20.4 Å². The van der Waals surface area contributed by atoms with Crippen molar-refractivity contribution >= 4 is 22.7 Å². The number of hydrazine groups is 1. The molecule has 2 N–H and O–H groups in total. The van der Waals surface area contributed by atoms with Gasteiger partial charge in [0, 0.05) is 23.8 Å². The van der Waals surface area contributed by atoms with Crippen molar-refractivity contribution < 1.29 is 14.0 Å². The Labute approximate surface area is 166 Å². The second kappa shape index (κ2) is 8.35. The van der Waals surface area contributed by atoms with Crippen LogP contribution >= 0.6 is 0 Å². The highest BCUT2D eigenvalue weighted by Gasteiger charge is 2.11. The fourth-order valence-electron chi connectivity index (χ4n) is 2.83. The molecule has 2 aromatic carbocycles. The molecule has 29 heavy (non-hydrogen) atoms. The van der Waals surface area contributed by atoms with Gasteiger partial charge in [-0.05, 0) is 12.1 Å². The first kappa shape index (κ1) is 18.4. The summed E-state index contributed by atoms with van der Waals surface area (Å²) >= 11 is 0. The van der Waals surface area contributed by atoms with Crippen LogP contribution in [0.25, 0.3) is 22.2 Å². The lowest BCUT2D eigenvalue weighted by Crippen LogP contribution is -2.42. The number of benzene rings is 2. The minimum absolute atomic E-state index is 0.125. The Morgan fingerprint density at radius 3 is 2.55 bits per heavy atom. The number of aromatic nitrogens is 2. The molecule has 0 aliphatic rings. The molecule has 0 saturated carbocycles. The fraction of sp³-hybridized carbons (Fsp3) is 0.0909. The van der Waals surface area contributed by atoms with Crippen LogP contribution in [0.1, 0.15) is 22.8 Å². The molecule has 7 heteroatoms. The van der Waals surface area contributed by atoms with E-state index in [1.165, 1.54) is 0 Å². The maximum absolute atomic E-state index is 12.2. The lowest BCUT2D eigenvalue weighted by atomic mass is 10.2. The topological polar surface area (TPSA) is 97.1 Å². The molecule has 0 bridgehead atoms. The van der Waals surface area contributed by atoms with Gasteiger partial charge in [0.05, 0.1) is 11.7 Å². The number of para-hydroxylation sites is 1. The van der Waals surface area contributed by atoms with Crippen LogP contribution in [0.15, 0.2) is 77.3 Å². The minimum Gasteiger partial charge on any atom is -0.441 e. The molecule has 2 aromatic heterocycles. The van der Waals surface area contributed by atoms with Gasteiger partial charge in [-0.2, -0.15) is 0 Å². The number of nitrogens with one attached hydrogen (secondary N) is 2. The highest BCUT2D eigenvalue weighted by Crippen LogP contribution is 2.20. The van der Waals surface area contributed by atoms with Crippen molar-refractivity contribution in [3.63, 3.8) is 0 Å². The Bertz CT molecular complexity index is 1150. The van der Waals surface area contributed by atoms with E-state index in [0.29, 0.717) is 23.6 Å². The number of nitrogens with zero attached hydrogens (tertiary/aromatic N) is 2. The number of aryl methyl sites for hydroxylation is 1. The number of carbonyl (C=O) groups excluding carboxylic acids is 2. The average molecular weight is 386 g/mol. The maximum Gasteiger partial charge on any atom is 0.288 e. The third kappa shape index (κ3) is 4.47. The summed E-state index contributed by atoms with van der Waals surface area (Å²) in [5.74, 6) is 0.281. The zero-order chi connectivity index (χ0) is 20.1. The predicted molar refractivity (Wildman–Crippen MR) is 108 cm³/mol. The smallest absolute Gasteiger partial charge is 0.288 e. The summed E-state index contributed by atoms with van der Waals surface area (Å²) in [7, 11) is 0. The highest BCUT2D eigenvalue weighted by molar-refractivity contribution is 5.95. The molecule has 2 heterocycles. The molecular formula is C22H18N4O3. The molecule has 0 atom stereocenters. The third-order valence-electron chi connectivity index (χ3n) is 4.32. The number of pyridine rings is 1. The van der Waals surface area contributed by atoms with Gasteiger partial charge >= 0.3 is 0 Å². The first-order valence-electron chi connectivity index (χ1n) is 9.14. The molecule has 0 aliphatic carbocycles. The Kier molecular flexibility index (Phi) is 5.29. The van der Waals surface area contributed by atoms with Gasteiger partial charge in [-0.15, -0.1) is 0 Å². The van der Waals surface area contributed by atoms with Gasteiger partial charge < -0.3 is 4.42 Å². The van der Waals surface area contributed by atoms with E-state index >= 15 is 0 Å². The van der Waals surface area contributed by atoms with E-state index < -0.39 is 5.91 Å². The number of fused-ring (bicyclic) bond motifs is 1. The Morgan fingerprint density at radius 1 is 0.897 bits per heavy atom. The molecule has 0 saturated heterocycles. The molecule has 0 unspecified atom stereocenters. The summed E-state index contributed by atoms with van der Waals surface area (Å²) in [6.07, 6.45) is 2.08. The number of carbonyl (C=O) groups is 2. The van der Waals surface area contributed by atoms with E-state index in [1.807, 2.05) is 60.7 Å². The maximum atomic E-state index is 12.2. The van der Waals surface area contributed by atoms with Crippen molar-refractivity contribution in [2.45, 2.75) is 12.8 Å². The van der Waals surface area contributed by atoms with Crippen LogP contribution in [-0.2, 0) is 11.2 Å². The van der Waals surface area contributed by atoms with Crippen LogP contribution in [-0.4, -0.2) is 21.8 Å². The fourth-order valence-corrected chi connectivity index (χ4v) is 2.83. The van der Waals surface area contributed by atoms with Crippen molar-refractivity contribution in [3.05, 3.63) is 84.5 Å². The highest BCUT2D eigenvalue weighted by atomic mass is 16.4. The number of hydrogen-bond acceptors (Lipinski definition) is 5. The van der Waals surface area contributed by atoms with E-state index in [4.69, 9.17) is 4.42 Å². The van der Waals surface area contributed by atoms with E-state index in [9.17, 15) is 9.59 Å². The van der Waals surface area contributed by atoms with Gasteiger partial charge in [-0.25, -0.2) is 9.97 Å². The van der Waals surface area contributed by atoms with Crippen molar-refractivity contribution in [1.82, 2.24) is 20.8 Å². The largest absolute Gasteiger partial charge is 0.441 e. The van der Waals surface area contributed by atoms with Gasteiger partial charge in [0.15, 0.2) is 11.7 Å². The van der Waals surface area contributed by atoms with E-state index in [2.05, 4.69) is 20.8 Å². The van der Waals surface area contributed by atoms with Crippen molar-refractivity contribution in [2.24, 2.45) is 0 Å². The molecule has 2 amide bonds. The van der Waals surface area contributed by atoms with E-state index in [1.54, 1.807) is 12.3 Å². The third-order valence-corrected chi connectivity index (χ3v) is 4.32. The lowest BCUT2D eigenvalue weighted by molar-refractivity contribution is -0.121. The zero-order valence-electron chi connectivity index (χ0n) is 15.5. The second-order valence-corrected chi connectivity index (χ2v) is 6.38. The molecule has 7 nitrogen and oxygen atoms in total. The normalized spacial score (nSPS) is 10.6. The SMILES string of the molecule is O=C(CCc1ncc(-c2ccccc2)o1)NNC(=O)c1ccc2ccccc2n1. The summed E-state index contributed by atoms with van der Waals surface area (Å²) in [5.41, 5.74) is 6.63. The molecule has 0 fully saturated rings. The summed E-state index contributed by atoms with van der Waals surface area (Å²) in [5, 5.41) is 0.939. The van der Waals surface area contributed by atoms with Gasteiger partial charge in [0.25, 0.3) is 5.91 Å². The summed E-state index contributed by atoms with van der Waals surface area (Å²) in [6, 6.07) is 20.5. The average Bonchev–Trinajstić information content (AvgIpc) is 3.25. The number of hydrogen-bond donors (Lipinski definition) is 2. The molecule has 4 rings (SSSR count). The monoisotopic (exact) mass is 386 g/mol. The van der Waals surface area contributed by atoms with Crippen molar-refractivity contribution in [3.8, 4) is 11.3 Å². The predicted octanol–water partition coefficient (Wildman–Crippen LogP) is 3.28. The number of amides is 2. The Hall–Kier alpha value is -4.00. The minimum atomic E-state index is -0.480. The summed E-state index contributed by atoms with van der Waals surface area (Å²) in [4.78, 5) is 32.7. The van der Waals surface area contributed by atoms with Crippen LogP contribution in [0.4, 0.5) is 0 Å². The molecular weight excluding hydrogens is 368 g/mol. The quantitative estimate of drug-likeness (QED) is 0.513. The standard InChI is InChI=1S/C22H18N4O3/c27-20(12-13-21-23-14-19(29-21)16-7-2-1-3-8-16)25-26-22(28)18-11-10-15-6-4-5-9-17(15)24-18/h1-11,14H,12-13H2,(H,25,27)(H,26,28). The van der Waals surface area contributed by atoms with E-state index in [-0.39, 0.29) is 18.0 Å². The Balaban J connectivity index is 1.28. The zero-order valence-corrected chi connectivity index (χ0v) is 15.5. The summed E-state index contributed by atoms with van der Waals surface area (Å²) in [6.45, 7) is 0. The molecule has 144 valence electrons. The van der Waals surface area contributed by atoms with Crippen molar-refractivity contribution in [2.75, 3.05) is 0 Å². The number of oxazole rings is 1. The van der Waals surface area contributed by atoms with Gasteiger partial charge in [-0.1, -0.05) is 54.6 Å². The first-order chi connectivity index (χ1) is 14.2. The van der Waals surface area contributed by atoms with Crippen LogP contribution < -0.4 is 10.9 Å². The molecule has 4 aromatic rings. The van der Waals surface area contributed by atoms with Crippen LogP contribution in [0, 0.1) is 0 Å². The van der Waals surface area contributed by atoms with Crippen LogP contribution in [0.5, 0.6) is 0 Å². The first-order valence-corrected chi connectivity index (χ1v) is 9.14. The van der Waals surface area contributed by atoms with Crippen molar-refractivity contribution in [1.29, 1.82) is 0 Å². The van der Waals surface area contributed by atoms with Gasteiger partial charge in [0.1, 0.15) is 5.69 Å². The van der Waals surface area contributed by atoms with E-state index in [0.717, 1.165) is 10.9 Å². The second-order valence-electron chi connectivity index (χ2n) is 6.38. The summed E-state index contributed by atoms with van der Waals surface area (Å²) < 4.78 is 5.67. The number of rotatable bonds is 5.